The van der Waals surface area contributed by atoms with Crippen LogP contribution in [0.1, 0.15) is 25.8 Å². The number of H-pyrrole nitrogens is 1. The van der Waals surface area contributed by atoms with Crippen LogP contribution in [0.4, 0.5) is 0 Å². The minimum atomic E-state index is -0.830. The van der Waals surface area contributed by atoms with E-state index in [0.29, 0.717) is 10.9 Å². The van der Waals surface area contributed by atoms with E-state index >= 15 is 0 Å². The van der Waals surface area contributed by atoms with Crippen molar-refractivity contribution in [1.29, 1.82) is 0 Å². The minimum Gasteiger partial charge on any atom is -0.481 e. The molecule has 0 radical (unpaired) electrons. The Hall–Kier alpha value is -1.24. The van der Waals surface area contributed by atoms with Gasteiger partial charge < -0.3 is 5.11 Å². The van der Waals surface area contributed by atoms with Gasteiger partial charge in [-0.2, -0.15) is 0 Å². The van der Waals surface area contributed by atoms with Crippen molar-refractivity contribution in [3.05, 3.63) is 10.5 Å². The summed E-state index contributed by atoms with van der Waals surface area (Å²) < 4.78 is 1.62. The molecule has 1 heterocycles. The molecule has 16 heavy (non-hydrogen) atoms. The van der Waals surface area contributed by atoms with Crippen LogP contribution in [0.15, 0.2) is 9.95 Å². The van der Waals surface area contributed by atoms with E-state index in [0.717, 1.165) is 12.8 Å². The molecule has 1 aliphatic carbocycles. The Labute approximate surface area is 96.0 Å². The smallest absolute Gasteiger partial charge is 0.344 e. The first-order valence-electron chi connectivity index (χ1n) is 5.12. The molecule has 2 N–H and O–H groups in total. The molecule has 1 atom stereocenters. The first-order valence-corrected chi connectivity index (χ1v) is 6.10. The van der Waals surface area contributed by atoms with Crippen molar-refractivity contribution in [2.75, 3.05) is 5.75 Å². The normalized spacial score (nSPS) is 17.3. The van der Waals surface area contributed by atoms with Crippen LogP contribution in [-0.2, 0) is 4.79 Å². The Kier molecular flexibility index (Phi) is 3.04. The summed E-state index contributed by atoms with van der Waals surface area (Å²) in [5.74, 6) is -0.848. The molecule has 0 aliphatic heterocycles. The maximum Gasteiger partial charge on any atom is 0.344 e. The number of carboxylic acids is 1. The number of aromatic amines is 1. The molecule has 1 fully saturated rings. The molecule has 1 saturated carbocycles. The number of carboxylic acid groups (broad SMARTS) is 1. The second-order valence-electron chi connectivity index (χ2n) is 3.96. The highest BCUT2D eigenvalue weighted by Crippen LogP contribution is 2.36. The van der Waals surface area contributed by atoms with Crippen LogP contribution in [0.5, 0.6) is 0 Å². The number of thioether (sulfide) groups is 1. The highest BCUT2D eigenvalue weighted by Gasteiger charge is 2.28. The zero-order valence-corrected chi connectivity index (χ0v) is 9.66. The molecule has 88 valence electrons. The van der Waals surface area contributed by atoms with E-state index in [1.807, 2.05) is 0 Å². The van der Waals surface area contributed by atoms with Gasteiger partial charge >= 0.3 is 11.7 Å². The summed E-state index contributed by atoms with van der Waals surface area (Å²) in [6.45, 7) is 1.64. The average molecular weight is 243 g/mol. The zero-order valence-electron chi connectivity index (χ0n) is 8.84. The van der Waals surface area contributed by atoms with E-state index in [9.17, 15) is 9.59 Å². The van der Waals surface area contributed by atoms with Crippen LogP contribution in [0.2, 0.25) is 0 Å². The third-order valence-electron chi connectivity index (χ3n) is 2.47. The highest BCUT2D eigenvalue weighted by atomic mass is 32.2. The molecule has 2 rings (SSSR count). The lowest BCUT2D eigenvalue weighted by Crippen LogP contribution is -2.17. The number of rotatable bonds is 5. The second kappa shape index (κ2) is 4.32. The molecule has 1 aromatic rings. The fourth-order valence-corrected chi connectivity index (χ4v) is 2.34. The fraction of sp³-hybridized carbons (Fsp3) is 0.667. The van der Waals surface area contributed by atoms with E-state index in [-0.39, 0.29) is 11.7 Å². The SMILES string of the molecule is CC(CSc1n[nH]c(=O)n1C1CC1)C(=O)O. The van der Waals surface area contributed by atoms with Crippen LogP contribution in [0.3, 0.4) is 0 Å². The maximum atomic E-state index is 11.4. The average Bonchev–Trinajstić information content (AvgIpc) is 3.00. The molecule has 0 saturated heterocycles. The number of aromatic nitrogens is 3. The number of nitrogens with one attached hydrogen (secondary N) is 1. The number of hydrogen-bond acceptors (Lipinski definition) is 4. The number of nitrogens with zero attached hydrogens (tertiary/aromatic N) is 2. The van der Waals surface area contributed by atoms with Gasteiger partial charge in [-0.25, -0.2) is 9.89 Å². The van der Waals surface area contributed by atoms with Gasteiger partial charge in [0.15, 0.2) is 5.16 Å². The van der Waals surface area contributed by atoms with Gasteiger partial charge in [-0.3, -0.25) is 9.36 Å². The Morgan fingerprint density at radius 2 is 2.44 bits per heavy atom. The van der Waals surface area contributed by atoms with Crippen LogP contribution in [-0.4, -0.2) is 31.6 Å². The van der Waals surface area contributed by atoms with Crippen molar-refractivity contribution in [3.8, 4) is 0 Å². The minimum absolute atomic E-state index is 0.201. The molecule has 1 aliphatic rings. The predicted molar refractivity (Wildman–Crippen MR) is 58.6 cm³/mol. The largest absolute Gasteiger partial charge is 0.481 e. The molecule has 0 amide bonds. The third kappa shape index (κ3) is 2.29. The van der Waals surface area contributed by atoms with Crippen molar-refractivity contribution in [3.63, 3.8) is 0 Å². The van der Waals surface area contributed by atoms with Crippen molar-refractivity contribution >= 4 is 17.7 Å². The van der Waals surface area contributed by atoms with Crippen LogP contribution >= 0.6 is 11.8 Å². The van der Waals surface area contributed by atoms with E-state index in [4.69, 9.17) is 5.11 Å². The topological polar surface area (TPSA) is 88.0 Å². The van der Waals surface area contributed by atoms with E-state index < -0.39 is 11.9 Å². The van der Waals surface area contributed by atoms with Gasteiger partial charge in [0.1, 0.15) is 0 Å². The fourth-order valence-electron chi connectivity index (χ4n) is 1.32. The van der Waals surface area contributed by atoms with Gasteiger partial charge in [0.25, 0.3) is 0 Å². The number of aliphatic carboxylic acids is 1. The molecular weight excluding hydrogens is 230 g/mol. The molecule has 1 unspecified atom stereocenters. The molecule has 0 aromatic carbocycles. The summed E-state index contributed by atoms with van der Waals surface area (Å²) in [4.78, 5) is 22.1. The second-order valence-corrected chi connectivity index (χ2v) is 4.95. The monoisotopic (exact) mass is 243 g/mol. The Bertz CT molecular complexity index is 449. The van der Waals surface area contributed by atoms with E-state index in [2.05, 4.69) is 10.2 Å². The Morgan fingerprint density at radius 3 is 3.00 bits per heavy atom. The number of hydrogen-bond donors (Lipinski definition) is 2. The predicted octanol–water partition coefficient (Wildman–Crippen LogP) is 0.719. The molecular formula is C9H13N3O3S. The summed E-state index contributed by atoms with van der Waals surface area (Å²) >= 11 is 1.31. The van der Waals surface area contributed by atoms with Crippen molar-refractivity contribution < 1.29 is 9.90 Å². The van der Waals surface area contributed by atoms with Crippen LogP contribution in [0.25, 0.3) is 0 Å². The highest BCUT2D eigenvalue weighted by molar-refractivity contribution is 7.99. The summed E-state index contributed by atoms with van der Waals surface area (Å²) in [5, 5.41) is 15.6. The van der Waals surface area contributed by atoms with Gasteiger partial charge in [0.05, 0.1) is 5.92 Å². The summed E-state index contributed by atoms with van der Waals surface area (Å²) in [6.07, 6.45) is 2.00. The van der Waals surface area contributed by atoms with E-state index in [1.54, 1.807) is 11.5 Å². The molecule has 6 nitrogen and oxygen atoms in total. The maximum absolute atomic E-state index is 11.4. The first-order chi connectivity index (χ1) is 7.59. The lowest BCUT2D eigenvalue weighted by molar-refractivity contribution is -0.140. The van der Waals surface area contributed by atoms with Gasteiger partial charge in [0.2, 0.25) is 0 Å². The standard InChI is InChI=1S/C9H13N3O3S/c1-5(7(13)14)4-16-9-11-10-8(15)12(9)6-2-3-6/h5-6H,2-4H2,1H3,(H,10,15)(H,13,14). The van der Waals surface area contributed by atoms with Crippen molar-refractivity contribution in [2.24, 2.45) is 5.92 Å². The molecule has 0 bridgehead atoms. The summed E-state index contributed by atoms with van der Waals surface area (Å²) in [5.41, 5.74) is -0.201. The number of carbonyl (C=O) groups is 1. The van der Waals surface area contributed by atoms with Crippen LogP contribution in [0, 0.1) is 5.92 Å². The van der Waals surface area contributed by atoms with Gasteiger partial charge in [-0.05, 0) is 12.8 Å². The van der Waals surface area contributed by atoms with Gasteiger partial charge in [-0.15, -0.1) is 5.10 Å². The van der Waals surface area contributed by atoms with Gasteiger partial charge in [0, 0.05) is 11.8 Å². The Morgan fingerprint density at radius 1 is 1.75 bits per heavy atom. The lowest BCUT2D eigenvalue weighted by atomic mass is 10.2. The quantitative estimate of drug-likeness (QED) is 0.744. The third-order valence-corrected chi connectivity index (χ3v) is 3.68. The molecule has 0 spiro atoms. The Balaban J connectivity index is 2.04. The van der Waals surface area contributed by atoms with Gasteiger partial charge in [-0.1, -0.05) is 18.7 Å². The van der Waals surface area contributed by atoms with Crippen LogP contribution < -0.4 is 5.69 Å². The van der Waals surface area contributed by atoms with E-state index in [1.165, 1.54) is 11.8 Å². The van der Waals surface area contributed by atoms with Crippen molar-refractivity contribution in [1.82, 2.24) is 14.8 Å². The summed E-state index contributed by atoms with van der Waals surface area (Å²) in [6, 6.07) is 0.258. The first kappa shape index (κ1) is 11.3. The summed E-state index contributed by atoms with van der Waals surface area (Å²) in [7, 11) is 0. The zero-order chi connectivity index (χ0) is 11.7. The molecule has 7 heteroatoms. The van der Waals surface area contributed by atoms with Crippen molar-refractivity contribution in [2.45, 2.75) is 31.0 Å². The molecule has 1 aromatic heterocycles. The lowest BCUT2D eigenvalue weighted by Gasteiger charge is -2.05.